The van der Waals surface area contributed by atoms with Gasteiger partial charge in [-0.05, 0) is 36.8 Å². The number of carbonyl (C=O) groups is 1. The van der Waals surface area contributed by atoms with Crippen molar-refractivity contribution in [1.82, 2.24) is 16.0 Å². The van der Waals surface area contributed by atoms with Crippen LogP contribution >= 0.6 is 12.2 Å². The smallest absolute Gasteiger partial charge is 0.251 e. The second kappa shape index (κ2) is 6.65. The molecule has 118 valence electrons. The standard InChI is InChI=1S/C15H19N3O3S/c1-8-12(14(19)16-2)13(18-15(22)17-8)9-5-6-10(20-3)11(7-9)21-4/h5-7,13H,1-4H3,(H,16,19)(H2,17,18,22). The van der Waals surface area contributed by atoms with E-state index in [0.717, 1.165) is 11.3 Å². The van der Waals surface area contributed by atoms with E-state index in [9.17, 15) is 4.79 Å². The first-order valence-corrected chi connectivity index (χ1v) is 7.15. The summed E-state index contributed by atoms with van der Waals surface area (Å²) in [6.45, 7) is 1.82. The molecule has 0 aromatic heterocycles. The highest BCUT2D eigenvalue weighted by molar-refractivity contribution is 7.80. The summed E-state index contributed by atoms with van der Waals surface area (Å²) in [6, 6.07) is 5.16. The van der Waals surface area contributed by atoms with E-state index >= 15 is 0 Å². The molecule has 0 saturated heterocycles. The first kappa shape index (κ1) is 16.1. The summed E-state index contributed by atoms with van der Waals surface area (Å²) >= 11 is 5.20. The highest BCUT2D eigenvalue weighted by atomic mass is 32.1. The van der Waals surface area contributed by atoms with Crippen molar-refractivity contribution in [2.75, 3.05) is 21.3 Å². The van der Waals surface area contributed by atoms with Gasteiger partial charge < -0.3 is 25.4 Å². The molecular weight excluding hydrogens is 302 g/mol. The van der Waals surface area contributed by atoms with Crippen LogP contribution in [0.5, 0.6) is 11.5 Å². The first-order chi connectivity index (χ1) is 10.5. The summed E-state index contributed by atoms with van der Waals surface area (Å²) in [5, 5.41) is 9.23. The largest absolute Gasteiger partial charge is 0.493 e. The Labute approximate surface area is 134 Å². The summed E-state index contributed by atoms with van der Waals surface area (Å²) in [7, 11) is 4.75. The molecule has 2 rings (SSSR count). The Balaban J connectivity index is 2.50. The number of nitrogens with one attached hydrogen (secondary N) is 3. The predicted octanol–water partition coefficient (Wildman–Crippen LogP) is 1.24. The minimum absolute atomic E-state index is 0.167. The van der Waals surface area contributed by atoms with E-state index in [0.29, 0.717) is 22.2 Å². The van der Waals surface area contributed by atoms with Crippen LogP contribution in [0.15, 0.2) is 29.5 Å². The molecule has 1 aromatic rings. The third-order valence-electron chi connectivity index (χ3n) is 3.48. The molecular formula is C15H19N3O3S. The van der Waals surface area contributed by atoms with Crippen molar-refractivity contribution < 1.29 is 14.3 Å². The third kappa shape index (κ3) is 2.99. The molecule has 3 N–H and O–H groups in total. The number of rotatable bonds is 4. The van der Waals surface area contributed by atoms with Crippen LogP contribution in [0.25, 0.3) is 0 Å². The molecule has 0 radical (unpaired) electrons. The number of hydrogen-bond donors (Lipinski definition) is 3. The van der Waals surface area contributed by atoms with Crippen molar-refractivity contribution in [3.63, 3.8) is 0 Å². The normalized spacial score (nSPS) is 17.5. The maximum absolute atomic E-state index is 12.2. The van der Waals surface area contributed by atoms with Crippen molar-refractivity contribution in [1.29, 1.82) is 0 Å². The van der Waals surface area contributed by atoms with Gasteiger partial charge in [-0.2, -0.15) is 0 Å². The zero-order chi connectivity index (χ0) is 16.3. The van der Waals surface area contributed by atoms with Crippen LogP contribution in [-0.4, -0.2) is 32.3 Å². The maximum atomic E-state index is 12.2. The zero-order valence-electron chi connectivity index (χ0n) is 12.9. The molecule has 1 atom stereocenters. The summed E-state index contributed by atoms with van der Waals surface area (Å²) in [6.07, 6.45) is 0. The van der Waals surface area contributed by atoms with E-state index in [4.69, 9.17) is 21.7 Å². The van der Waals surface area contributed by atoms with Gasteiger partial charge in [-0.1, -0.05) is 6.07 Å². The van der Waals surface area contributed by atoms with Crippen LogP contribution in [0.1, 0.15) is 18.5 Å². The van der Waals surface area contributed by atoms with Gasteiger partial charge >= 0.3 is 0 Å². The second-order valence-corrected chi connectivity index (χ2v) is 5.17. The molecule has 0 aliphatic carbocycles. The van der Waals surface area contributed by atoms with Crippen LogP contribution < -0.4 is 25.4 Å². The van der Waals surface area contributed by atoms with Gasteiger partial charge in [-0.15, -0.1) is 0 Å². The summed E-state index contributed by atoms with van der Waals surface area (Å²) in [4.78, 5) is 12.2. The highest BCUT2D eigenvalue weighted by Gasteiger charge is 2.29. The Morgan fingerprint density at radius 2 is 1.95 bits per heavy atom. The summed E-state index contributed by atoms with van der Waals surface area (Å²) in [5.74, 6) is 1.06. The second-order valence-electron chi connectivity index (χ2n) is 4.76. The summed E-state index contributed by atoms with van der Waals surface area (Å²) in [5.41, 5.74) is 2.17. The first-order valence-electron chi connectivity index (χ1n) is 6.74. The lowest BCUT2D eigenvalue weighted by Gasteiger charge is -2.30. The summed E-state index contributed by atoms with van der Waals surface area (Å²) < 4.78 is 10.6. The molecule has 0 saturated carbocycles. The van der Waals surface area contributed by atoms with E-state index in [2.05, 4.69) is 16.0 Å². The number of hydrogen-bond acceptors (Lipinski definition) is 4. The number of likely N-dealkylation sites (N-methyl/N-ethyl adjacent to an activating group) is 1. The van der Waals surface area contributed by atoms with Gasteiger partial charge in [0.2, 0.25) is 0 Å². The fourth-order valence-corrected chi connectivity index (χ4v) is 2.68. The third-order valence-corrected chi connectivity index (χ3v) is 3.70. The number of amides is 1. The van der Waals surface area contributed by atoms with Gasteiger partial charge in [0.05, 0.1) is 25.8 Å². The molecule has 6 nitrogen and oxygen atoms in total. The number of allylic oxidation sites excluding steroid dienone is 1. The van der Waals surface area contributed by atoms with Crippen LogP contribution in [0.4, 0.5) is 0 Å². The Morgan fingerprint density at radius 1 is 1.27 bits per heavy atom. The number of ether oxygens (including phenoxy) is 2. The van der Waals surface area contributed by atoms with Crippen LogP contribution in [0, 0.1) is 0 Å². The number of thiocarbonyl (C=S) groups is 1. The van der Waals surface area contributed by atoms with Gasteiger partial charge in [0.15, 0.2) is 16.6 Å². The van der Waals surface area contributed by atoms with Gasteiger partial charge in [-0.25, -0.2) is 0 Å². The van der Waals surface area contributed by atoms with E-state index in [1.54, 1.807) is 27.3 Å². The number of methoxy groups -OCH3 is 2. The van der Waals surface area contributed by atoms with E-state index < -0.39 is 0 Å². The molecule has 1 amide bonds. The molecule has 1 heterocycles. The maximum Gasteiger partial charge on any atom is 0.251 e. The SMILES string of the molecule is CNC(=O)C1=C(C)NC(=S)NC1c1ccc(OC)c(OC)c1. The molecule has 0 spiro atoms. The monoisotopic (exact) mass is 321 g/mol. The Kier molecular flexibility index (Phi) is 4.87. The van der Waals surface area contributed by atoms with Gasteiger partial charge in [0, 0.05) is 12.7 Å². The van der Waals surface area contributed by atoms with Crippen LogP contribution in [-0.2, 0) is 4.79 Å². The molecule has 7 heteroatoms. The van der Waals surface area contributed by atoms with Crippen molar-refractivity contribution in [2.24, 2.45) is 0 Å². The topological polar surface area (TPSA) is 71.6 Å². The van der Waals surface area contributed by atoms with E-state index in [1.165, 1.54) is 0 Å². The zero-order valence-corrected chi connectivity index (χ0v) is 13.8. The Morgan fingerprint density at radius 3 is 2.55 bits per heavy atom. The average molecular weight is 321 g/mol. The molecule has 1 aliphatic rings. The number of benzene rings is 1. The molecule has 0 bridgehead atoms. The van der Waals surface area contributed by atoms with Crippen molar-refractivity contribution in [3.05, 3.63) is 35.0 Å². The fraction of sp³-hybridized carbons (Fsp3) is 0.333. The highest BCUT2D eigenvalue weighted by Crippen LogP contribution is 2.33. The van der Waals surface area contributed by atoms with Crippen molar-refractivity contribution in [3.8, 4) is 11.5 Å². The minimum atomic E-state index is -0.353. The molecule has 1 aliphatic heterocycles. The average Bonchev–Trinajstić information content (AvgIpc) is 2.52. The van der Waals surface area contributed by atoms with Gasteiger partial charge in [0.25, 0.3) is 5.91 Å². The van der Waals surface area contributed by atoms with Crippen LogP contribution in [0.3, 0.4) is 0 Å². The van der Waals surface area contributed by atoms with Crippen molar-refractivity contribution in [2.45, 2.75) is 13.0 Å². The fourth-order valence-electron chi connectivity index (χ4n) is 2.41. The Bertz CT molecular complexity index is 643. The van der Waals surface area contributed by atoms with E-state index in [1.807, 2.05) is 19.1 Å². The molecule has 22 heavy (non-hydrogen) atoms. The lowest BCUT2D eigenvalue weighted by atomic mass is 9.94. The van der Waals surface area contributed by atoms with Gasteiger partial charge in [0.1, 0.15) is 0 Å². The lowest BCUT2D eigenvalue weighted by Crippen LogP contribution is -2.46. The molecule has 1 aromatic carbocycles. The van der Waals surface area contributed by atoms with E-state index in [-0.39, 0.29) is 11.9 Å². The molecule has 1 unspecified atom stereocenters. The van der Waals surface area contributed by atoms with Crippen molar-refractivity contribution >= 4 is 23.2 Å². The molecule has 0 fully saturated rings. The van der Waals surface area contributed by atoms with Crippen LogP contribution in [0.2, 0.25) is 0 Å². The lowest BCUT2D eigenvalue weighted by molar-refractivity contribution is -0.117. The Hall–Kier alpha value is -2.28. The minimum Gasteiger partial charge on any atom is -0.493 e. The predicted molar refractivity (Wildman–Crippen MR) is 87.9 cm³/mol. The number of carbonyl (C=O) groups excluding carboxylic acids is 1. The van der Waals surface area contributed by atoms with Gasteiger partial charge in [-0.3, -0.25) is 4.79 Å². The quantitative estimate of drug-likeness (QED) is 0.725.